The Kier molecular flexibility index (Phi) is 1.73. The van der Waals surface area contributed by atoms with Crippen LogP contribution >= 0.6 is 0 Å². The van der Waals surface area contributed by atoms with Gasteiger partial charge in [0.05, 0.1) is 0 Å². The van der Waals surface area contributed by atoms with Gasteiger partial charge in [-0.2, -0.15) is 0 Å². The maximum Gasteiger partial charge on any atom is 0.286 e. The summed E-state index contributed by atoms with van der Waals surface area (Å²) >= 11 is 0. The molecule has 0 aliphatic carbocycles. The number of pyridine rings is 1. The lowest BCUT2D eigenvalue weighted by molar-refractivity contribution is 0.573. The highest BCUT2D eigenvalue weighted by molar-refractivity contribution is 5.33. The molecule has 2 heterocycles. The zero-order valence-electron chi connectivity index (χ0n) is 7.65. The van der Waals surface area contributed by atoms with Gasteiger partial charge in [0.25, 0.3) is 5.56 Å². The Hall–Kier alpha value is -1.16. The number of aromatic nitrogens is 1. The number of fused-ring (bicyclic) bond motifs is 1. The summed E-state index contributed by atoms with van der Waals surface area (Å²) in [6.07, 6.45) is 0. The van der Waals surface area contributed by atoms with Crippen LogP contribution in [0.4, 0.5) is 4.39 Å². The van der Waals surface area contributed by atoms with Crippen molar-refractivity contribution in [3.05, 3.63) is 33.0 Å². The van der Waals surface area contributed by atoms with Crippen molar-refractivity contribution < 1.29 is 4.39 Å². The van der Waals surface area contributed by atoms with E-state index in [0.29, 0.717) is 18.7 Å². The van der Waals surface area contributed by atoms with Crippen LogP contribution in [0.1, 0.15) is 16.8 Å². The fraction of sp³-hybridized carbons (Fsp3) is 0.444. The average Bonchev–Trinajstić information content (AvgIpc) is 2.59. The van der Waals surface area contributed by atoms with Gasteiger partial charge in [-0.25, -0.2) is 4.39 Å². The monoisotopic (exact) mass is 182 g/mol. The minimum Gasteiger partial charge on any atom is -0.312 e. The Balaban J connectivity index is 2.85. The van der Waals surface area contributed by atoms with Gasteiger partial charge < -0.3 is 9.88 Å². The molecule has 1 aliphatic heterocycles. The zero-order chi connectivity index (χ0) is 9.59. The predicted octanol–water partition coefficient (Wildman–Crippen LogP) is 0.436. The number of nitrogens with zero attached hydrogens (tertiary/aromatic N) is 1. The summed E-state index contributed by atoms with van der Waals surface area (Å²) in [6, 6.07) is 0. The van der Waals surface area contributed by atoms with Crippen molar-refractivity contribution in [3.63, 3.8) is 0 Å². The fourth-order valence-corrected chi connectivity index (χ4v) is 1.75. The van der Waals surface area contributed by atoms with Crippen molar-refractivity contribution >= 4 is 0 Å². The molecule has 1 aromatic rings. The SMILES string of the molecule is Cc1c2c(n(C)c(=O)c1F)CNC2. The van der Waals surface area contributed by atoms with Crippen LogP contribution in [0.25, 0.3) is 0 Å². The first kappa shape index (κ1) is 8.44. The molecular formula is C9H11FN2O. The number of hydrogen-bond donors (Lipinski definition) is 1. The second-order valence-corrected chi connectivity index (χ2v) is 3.33. The molecule has 1 aromatic heterocycles. The van der Waals surface area contributed by atoms with Gasteiger partial charge in [0.1, 0.15) is 0 Å². The topological polar surface area (TPSA) is 34.0 Å². The molecule has 0 bridgehead atoms. The van der Waals surface area contributed by atoms with E-state index in [0.717, 1.165) is 11.3 Å². The summed E-state index contributed by atoms with van der Waals surface area (Å²) in [5.74, 6) is -0.620. The molecule has 0 saturated carbocycles. The van der Waals surface area contributed by atoms with Gasteiger partial charge in [0, 0.05) is 25.8 Å². The molecule has 4 heteroatoms. The molecule has 0 unspecified atom stereocenters. The first-order chi connectivity index (χ1) is 6.13. The van der Waals surface area contributed by atoms with Gasteiger partial charge in [-0.05, 0) is 18.1 Å². The van der Waals surface area contributed by atoms with Crippen LogP contribution in [-0.2, 0) is 20.1 Å². The average molecular weight is 182 g/mol. The van der Waals surface area contributed by atoms with Gasteiger partial charge in [-0.3, -0.25) is 4.79 Å². The van der Waals surface area contributed by atoms with E-state index in [2.05, 4.69) is 5.32 Å². The van der Waals surface area contributed by atoms with E-state index in [-0.39, 0.29) is 0 Å². The lowest BCUT2D eigenvalue weighted by Gasteiger charge is -2.08. The van der Waals surface area contributed by atoms with Gasteiger partial charge >= 0.3 is 0 Å². The molecule has 0 aromatic carbocycles. The van der Waals surface area contributed by atoms with Crippen molar-refractivity contribution in [1.82, 2.24) is 9.88 Å². The van der Waals surface area contributed by atoms with Crippen LogP contribution in [0.15, 0.2) is 4.79 Å². The lowest BCUT2D eigenvalue weighted by Crippen LogP contribution is -2.25. The third-order valence-corrected chi connectivity index (χ3v) is 2.62. The molecular weight excluding hydrogens is 171 g/mol. The van der Waals surface area contributed by atoms with Crippen LogP contribution in [0, 0.1) is 12.7 Å². The van der Waals surface area contributed by atoms with Crippen LogP contribution in [0.5, 0.6) is 0 Å². The Bertz CT molecular complexity index is 423. The molecule has 2 rings (SSSR count). The summed E-state index contributed by atoms with van der Waals surface area (Å²) in [4.78, 5) is 11.3. The molecule has 70 valence electrons. The molecule has 13 heavy (non-hydrogen) atoms. The van der Waals surface area contributed by atoms with E-state index in [4.69, 9.17) is 0 Å². The van der Waals surface area contributed by atoms with Crippen LogP contribution < -0.4 is 10.9 Å². The molecule has 0 radical (unpaired) electrons. The first-order valence-electron chi connectivity index (χ1n) is 4.20. The molecule has 0 atom stereocenters. The normalized spacial score (nSPS) is 14.7. The van der Waals surface area contributed by atoms with E-state index in [1.807, 2.05) is 0 Å². The Morgan fingerprint density at radius 1 is 1.46 bits per heavy atom. The van der Waals surface area contributed by atoms with Crippen LogP contribution in [0.3, 0.4) is 0 Å². The minimum atomic E-state index is -0.620. The van der Waals surface area contributed by atoms with E-state index in [1.54, 1.807) is 14.0 Å². The van der Waals surface area contributed by atoms with Crippen molar-refractivity contribution in [1.29, 1.82) is 0 Å². The first-order valence-corrected chi connectivity index (χ1v) is 4.20. The molecule has 0 amide bonds. The number of rotatable bonds is 0. The van der Waals surface area contributed by atoms with Crippen molar-refractivity contribution in [3.8, 4) is 0 Å². The quantitative estimate of drug-likeness (QED) is 0.631. The van der Waals surface area contributed by atoms with Crippen molar-refractivity contribution in [2.24, 2.45) is 7.05 Å². The van der Waals surface area contributed by atoms with E-state index < -0.39 is 11.4 Å². The number of hydrogen-bond acceptors (Lipinski definition) is 2. The molecule has 3 nitrogen and oxygen atoms in total. The van der Waals surface area contributed by atoms with Gasteiger partial charge in [0.15, 0.2) is 5.82 Å². The van der Waals surface area contributed by atoms with Gasteiger partial charge in [-0.1, -0.05) is 0 Å². The number of halogens is 1. The zero-order valence-corrected chi connectivity index (χ0v) is 7.65. The van der Waals surface area contributed by atoms with Gasteiger partial charge in [-0.15, -0.1) is 0 Å². The maximum absolute atomic E-state index is 13.3. The summed E-state index contributed by atoms with van der Waals surface area (Å²) in [6.45, 7) is 2.97. The highest BCUT2D eigenvalue weighted by Crippen LogP contribution is 2.18. The fourth-order valence-electron chi connectivity index (χ4n) is 1.75. The van der Waals surface area contributed by atoms with E-state index >= 15 is 0 Å². The van der Waals surface area contributed by atoms with E-state index in [9.17, 15) is 9.18 Å². The standard InChI is InChI=1S/C9H11FN2O/c1-5-6-3-11-4-7(6)12(2)9(13)8(5)10/h11H,3-4H2,1-2H3. The largest absolute Gasteiger partial charge is 0.312 e. The minimum absolute atomic E-state index is 0.489. The molecule has 0 fully saturated rings. The Morgan fingerprint density at radius 3 is 2.85 bits per heavy atom. The van der Waals surface area contributed by atoms with Crippen molar-refractivity contribution in [2.75, 3.05) is 0 Å². The van der Waals surface area contributed by atoms with Crippen molar-refractivity contribution in [2.45, 2.75) is 20.0 Å². The summed E-state index contributed by atoms with van der Waals surface area (Å²) in [5, 5.41) is 3.10. The van der Waals surface area contributed by atoms with Crippen LogP contribution in [-0.4, -0.2) is 4.57 Å². The molecule has 0 spiro atoms. The van der Waals surface area contributed by atoms with Gasteiger partial charge in [0.2, 0.25) is 0 Å². The highest BCUT2D eigenvalue weighted by Gasteiger charge is 2.20. The summed E-state index contributed by atoms with van der Waals surface area (Å²) < 4.78 is 14.7. The smallest absolute Gasteiger partial charge is 0.286 e. The third-order valence-electron chi connectivity index (χ3n) is 2.62. The highest BCUT2D eigenvalue weighted by atomic mass is 19.1. The van der Waals surface area contributed by atoms with E-state index in [1.165, 1.54) is 4.57 Å². The second-order valence-electron chi connectivity index (χ2n) is 3.33. The summed E-state index contributed by atoms with van der Waals surface area (Å²) in [5.41, 5.74) is 1.80. The Morgan fingerprint density at radius 2 is 2.15 bits per heavy atom. The molecule has 1 aliphatic rings. The van der Waals surface area contributed by atoms with Crippen LogP contribution in [0.2, 0.25) is 0 Å². The predicted molar refractivity (Wildman–Crippen MR) is 46.9 cm³/mol. The second kappa shape index (κ2) is 2.67. The maximum atomic E-state index is 13.3. The third kappa shape index (κ3) is 1.02. The Labute approximate surface area is 75.2 Å². The number of nitrogens with one attached hydrogen (secondary N) is 1. The lowest BCUT2D eigenvalue weighted by atomic mass is 10.1. The summed E-state index contributed by atoms with van der Waals surface area (Å²) in [7, 11) is 1.61. The molecule has 0 saturated heterocycles. The molecule has 1 N–H and O–H groups in total.